The Kier molecular flexibility index (Phi) is 7.21. The van der Waals surface area contributed by atoms with Crippen LogP contribution in [0.1, 0.15) is 21.6 Å². The number of aromatic nitrogens is 1. The summed E-state index contributed by atoms with van der Waals surface area (Å²) in [6.45, 7) is 0.537. The summed E-state index contributed by atoms with van der Waals surface area (Å²) in [6.07, 6.45) is 0.894. The van der Waals surface area contributed by atoms with Crippen molar-refractivity contribution in [1.82, 2.24) is 10.3 Å². The van der Waals surface area contributed by atoms with Crippen molar-refractivity contribution in [2.45, 2.75) is 12.8 Å². The molecule has 0 fully saturated rings. The van der Waals surface area contributed by atoms with Crippen LogP contribution in [-0.4, -0.2) is 30.5 Å². The molecule has 0 aliphatic carbocycles. The first-order valence-corrected chi connectivity index (χ1v) is 10.2. The van der Waals surface area contributed by atoms with Crippen molar-refractivity contribution in [2.75, 3.05) is 19.0 Å². The molecule has 0 unspecified atom stereocenters. The number of hydrogen-bond donors (Lipinski definition) is 2. The van der Waals surface area contributed by atoms with E-state index in [-0.39, 0.29) is 18.2 Å². The SMILES string of the molecule is COc1ccc(CCNC(=O)Cc2csc(NC(=O)c3ccc(Cl)cc3)n2)cc1. The smallest absolute Gasteiger partial charge is 0.257 e. The third kappa shape index (κ3) is 6.30. The van der Waals surface area contributed by atoms with E-state index < -0.39 is 0 Å². The summed E-state index contributed by atoms with van der Waals surface area (Å²) in [6, 6.07) is 14.3. The molecule has 0 radical (unpaired) electrons. The molecule has 2 amide bonds. The highest BCUT2D eigenvalue weighted by atomic mass is 35.5. The number of ether oxygens (including phenoxy) is 1. The predicted octanol–water partition coefficient (Wildman–Crippen LogP) is 3.96. The lowest BCUT2D eigenvalue weighted by atomic mass is 10.1. The van der Waals surface area contributed by atoms with E-state index in [2.05, 4.69) is 15.6 Å². The second-order valence-corrected chi connectivity index (χ2v) is 7.52. The molecule has 1 heterocycles. The van der Waals surface area contributed by atoms with Gasteiger partial charge >= 0.3 is 0 Å². The van der Waals surface area contributed by atoms with Crippen LogP contribution in [0.4, 0.5) is 5.13 Å². The fraction of sp³-hybridized carbons (Fsp3) is 0.190. The van der Waals surface area contributed by atoms with Crippen LogP contribution in [0.5, 0.6) is 5.75 Å². The van der Waals surface area contributed by atoms with Crippen molar-refractivity contribution in [3.05, 3.63) is 75.8 Å². The minimum Gasteiger partial charge on any atom is -0.497 e. The first-order chi connectivity index (χ1) is 14.0. The van der Waals surface area contributed by atoms with Crippen molar-refractivity contribution in [3.8, 4) is 5.75 Å². The van der Waals surface area contributed by atoms with Gasteiger partial charge < -0.3 is 10.1 Å². The fourth-order valence-corrected chi connectivity index (χ4v) is 3.41. The maximum absolute atomic E-state index is 12.2. The van der Waals surface area contributed by atoms with Gasteiger partial charge in [0.25, 0.3) is 5.91 Å². The Bertz CT molecular complexity index is 972. The molecule has 3 rings (SSSR count). The zero-order valence-electron chi connectivity index (χ0n) is 15.8. The van der Waals surface area contributed by atoms with Gasteiger partial charge in [0.1, 0.15) is 5.75 Å². The number of nitrogens with one attached hydrogen (secondary N) is 2. The Morgan fingerprint density at radius 1 is 1.10 bits per heavy atom. The normalized spacial score (nSPS) is 10.4. The molecule has 0 aliphatic rings. The molecule has 1 aromatic heterocycles. The van der Waals surface area contributed by atoms with Crippen LogP contribution in [-0.2, 0) is 17.6 Å². The molecule has 0 bridgehead atoms. The number of rotatable bonds is 8. The van der Waals surface area contributed by atoms with E-state index in [1.54, 1.807) is 36.8 Å². The van der Waals surface area contributed by atoms with Crippen molar-refractivity contribution in [1.29, 1.82) is 0 Å². The highest BCUT2D eigenvalue weighted by molar-refractivity contribution is 7.14. The van der Waals surface area contributed by atoms with Crippen LogP contribution in [0.25, 0.3) is 0 Å². The second-order valence-electron chi connectivity index (χ2n) is 6.23. The second kappa shape index (κ2) is 10.0. The minimum absolute atomic E-state index is 0.112. The average Bonchev–Trinajstić information content (AvgIpc) is 3.15. The molecule has 0 aliphatic heterocycles. The largest absolute Gasteiger partial charge is 0.497 e. The summed E-state index contributed by atoms with van der Waals surface area (Å²) >= 11 is 7.11. The average molecular weight is 430 g/mol. The number of carbonyl (C=O) groups is 2. The van der Waals surface area contributed by atoms with E-state index in [0.717, 1.165) is 17.7 Å². The van der Waals surface area contributed by atoms with Gasteiger partial charge in [0.15, 0.2) is 5.13 Å². The summed E-state index contributed by atoms with van der Waals surface area (Å²) in [5.74, 6) is 0.422. The van der Waals surface area contributed by atoms with Crippen LogP contribution >= 0.6 is 22.9 Å². The van der Waals surface area contributed by atoms with Gasteiger partial charge in [-0.1, -0.05) is 23.7 Å². The molecule has 150 valence electrons. The molecule has 0 spiro atoms. The summed E-state index contributed by atoms with van der Waals surface area (Å²) in [4.78, 5) is 28.6. The van der Waals surface area contributed by atoms with E-state index in [0.29, 0.717) is 28.0 Å². The van der Waals surface area contributed by atoms with Gasteiger partial charge in [0.2, 0.25) is 5.91 Å². The molecule has 6 nitrogen and oxygen atoms in total. The predicted molar refractivity (Wildman–Crippen MR) is 115 cm³/mol. The van der Waals surface area contributed by atoms with Crippen molar-refractivity contribution < 1.29 is 14.3 Å². The van der Waals surface area contributed by atoms with Gasteiger partial charge in [0.05, 0.1) is 19.2 Å². The number of thiazole rings is 1. The van der Waals surface area contributed by atoms with Crippen molar-refractivity contribution in [2.24, 2.45) is 0 Å². The summed E-state index contributed by atoms with van der Waals surface area (Å²) in [5, 5.41) is 8.39. The van der Waals surface area contributed by atoms with Crippen LogP contribution in [0.2, 0.25) is 5.02 Å². The molecular weight excluding hydrogens is 410 g/mol. The number of anilines is 1. The first-order valence-electron chi connectivity index (χ1n) is 8.94. The molecule has 29 heavy (non-hydrogen) atoms. The topological polar surface area (TPSA) is 80.3 Å². The van der Waals surface area contributed by atoms with Gasteiger partial charge in [-0.05, 0) is 48.4 Å². The van der Waals surface area contributed by atoms with E-state index in [4.69, 9.17) is 16.3 Å². The van der Waals surface area contributed by atoms with E-state index in [1.807, 2.05) is 24.3 Å². The number of carbonyl (C=O) groups excluding carboxylic acids is 2. The lowest BCUT2D eigenvalue weighted by Crippen LogP contribution is -2.27. The van der Waals surface area contributed by atoms with Crippen molar-refractivity contribution in [3.63, 3.8) is 0 Å². The monoisotopic (exact) mass is 429 g/mol. The van der Waals surface area contributed by atoms with Crippen LogP contribution in [0.3, 0.4) is 0 Å². The minimum atomic E-state index is -0.272. The molecule has 0 saturated carbocycles. The van der Waals surface area contributed by atoms with Gasteiger partial charge in [-0.2, -0.15) is 0 Å². The molecule has 2 aromatic carbocycles. The maximum atomic E-state index is 12.2. The lowest BCUT2D eigenvalue weighted by molar-refractivity contribution is -0.120. The van der Waals surface area contributed by atoms with E-state index in [9.17, 15) is 9.59 Å². The Morgan fingerprint density at radius 2 is 1.83 bits per heavy atom. The molecule has 8 heteroatoms. The third-order valence-electron chi connectivity index (χ3n) is 4.12. The van der Waals surface area contributed by atoms with Gasteiger partial charge in [-0.15, -0.1) is 11.3 Å². The third-order valence-corrected chi connectivity index (χ3v) is 5.17. The Balaban J connectivity index is 1.44. The number of methoxy groups -OCH3 is 1. The quantitative estimate of drug-likeness (QED) is 0.568. The van der Waals surface area contributed by atoms with Crippen molar-refractivity contribution >= 4 is 39.9 Å². The first kappa shape index (κ1) is 20.8. The number of halogens is 1. The van der Waals surface area contributed by atoms with Crippen LogP contribution in [0.15, 0.2) is 53.9 Å². The highest BCUT2D eigenvalue weighted by Gasteiger charge is 2.11. The number of amides is 2. The molecule has 2 N–H and O–H groups in total. The van der Waals surface area contributed by atoms with E-state index in [1.165, 1.54) is 11.3 Å². The molecule has 0 atom stereocenters. The summed E-state index contributed by atoms with van der Waals surface area (Å²) in [7, 11) is 1.63. The number of benzene rings is 2. The van der Waals surface area contributed by atoms with Crippen LogP contribution < -0.4 is 15.4 Å². The summed E-state index contributed by atoms with van der Waals surface area (Å²) < 4.78 is 5.13. The molecule has 0 saturated heterocycles. The van der Waals surface area contributed by atoms with Gasteiger partial charge in [-0.3, -0.25) is 14.9 Å². The standard InChI is InChI=1S/C21H20ClN3O3S/c1-28-18-8-2-14(3-9-18)10-11-23-19(26)12-17-13-29-21(24-17)25-20(27)15-4-6-16(22)7-5-15/h2-9,13H,10-12H2,1H3,(H,23,26)(H,24,25,27). The van der Waals surface area contributed by atoms with E-state index >= 15 is 0 Å². The Labute approximate surface area is 177 Å². The molecular formula is C21H20ClN3O3S. The highest BCUT2D eigenvalue weighted by Crippen LogP contribution is 2.18. The zero-order valence-corrected chi connectivity index (χ0v) is 17.3. The van der Waals surface area contributed by atoms with Gasteiger partial charge in [0, 0.05) is 22.5 Å². The maximum Gasteiger partial charge on any atom is 0.257 e. The Hall–Kier alpha value is -2.90. The van der Waals surface area contributed by atoms with Crippen LogP contribution in [0, 0.1) is 0 Å². The molecule has 3 aromatic rings. The summed E-state index contributed by atoms with van der Waals surface area (Å²) in [5.41, 5.74) is 2.22. The van der Waals surface area contributed by atoms with Gasteiger partial charge in [-0.25, -0.2) is 4.98 Å². The number of hydrogen-bond acceptors (Lipinski definition) is 5. The fourth-order valence-electron chi connectivity index (χ4n) is 2.58. The Morgan fingerprint density at radius 3 is 2.52 bits per heavy atom. The lowest BCUT2D eigenvalue weighted by Gasteiger charge is -2.05. The zero-order chi connectivity index (χ0) is 20.6. The number of nitrogens with zero attached hydrogens (tertiary/aromatic N) is 1.